The Bertz CT molecular complexity index is 737. The van der Waals surface area contributed by atoms with E-state index < -0.39 is 18.2 Å². The Morgan fingerprint density at radius 2 is 2.00 bits per heavy atom. The van der Waals surface area contributed by atoms with Crippen LogP contribution in [0, 0.1) is 5.82 Å². The highest BCUT2D eigenvalue weighted by atomic mass is 19.3. The maximum Gasteiger partial charge on any atom is 0.387 e. The largest absolute Gasteiger partial charge is 0.432 e. The number of ether oxygens (including phenoxy) is 1. The van der Waals surface area contributed by atoms with E-state index in [1.807, 2.05) is 24.3 Å². The number of benzene rings is 1. The van der Waals surface area contributed by atoms with E-state index >= 15 is 0 Å². The molecule has 0 saturated heterocycles. The van der Waals surface area contributed by atoms with Gasteiger partial charge in [-0.1, -0.05) is 0 Å². The van der Waals surface area contributed by atoms with Crippen LogP contribution in [0.15, 0.2) is 42.7 Å². The van der Waals surface area contributed by atoms with Crippen LogP contribution in [0.25, 0.3) is 11.3 Å². The van der Waals surface area contributed by atoms with Crippen molar-refractivity contribution in [2.45, 2.75) is 13.2 Å². The van der Waals surface area contributed by atoms with E-state index in [-0.39, 0.29) is 0 Å². The van der Waals surface area contributed by atoms with Crippen LogP contribution in [0.1, 0.15) is 5.69 Å². The lowest BCUT2D eigenvalue weighted by Crippen LogP contribution is -2.22. The van der Waals surface area contributed by atoms with Crippen LogP contribution in [0.3, 0.4) is 0 Å². The highest BCUT2D eigenvalue weighted by molar-refractivity contribution is 5.60. The van der Waals surface area contributed by atoms with Crippen LogP contribution in [0.2, 0.25) is 0 Å². The molecule has 0 amide bonds. The van der Waals surface area contributed by atoms with Gasteiger partial charge in [-0.05, 0) is 30.3 Å². The van der Waals surface area contributed by atoms with E-state index in [0.717, 1.165) is 18.4 Å². The summed E-state index contributed by atoms with van der Waals surface area (Å²) in [6, 6.07) is 7.20. The van der Waals surface area contributed by atoms with Crippen molar-refractivity contribution in [2.75, 3.05) is 13.7 Å². The molecular formula is C16H15F3N4O. The fourth-order valence-corrected chi connectivity index (χ4v) is 2.35. The standard InChI is InChI=1S/C16H15F3N4O/c1-22-6-7-23(10-22)9-12-3-5-14(21-20-12)11-2-4-13(17)15(8-11)24-16(18)19/h2-8,16H,9-10H2,1H3. The second-order valence-corrected chi connectivity index (χ2v) is 5.38. The van der Waals surface area contributed by atoms with Crippen molar-refractivity contribution in [3.8, 4) is 17.0 Å². The van der Waals surface area contributed by atoms with Gasteiger partial charge in [0.25, 0.3) is 0 Å². The Morgan fingerprint density at radius 1 is 1.17 bits per heavy atom. The first kappa shape index (κ1) is 16.1. The molecule has 0 atom stereocenters. The molecule has 2 heterocycles. The molecule has 1 aliphatic rings. The van der Waals surface area contributed by atoms with Gasteiger partial charge in [0.2, 0.25) is 0 Å². The summed E-state index contributed by atoms with van der Waals surface area (Å²) >= 11 is 0. The summed E-state index contributed by atoms with van der Waals surface area (Å²) in [6.07, 6.45) is 3.92. The van der Waals surface area contributed by atoms with Gasteiger partial charge in [0.05, 0.1) is 24.6 Å². The van der Waals surface area contributed by atoms with E-state index in [4.69, 9.17) is 0 Å². The summed E-state index contributed by atoms with van der Waals surface area (Å²) in [4.78, 5) is 4.10. The third kappa shape index (κ3) is 3.76. The number of aromatic nitrogens is 2. The molecule has 126 valence electrons. The summed E-state index contributed by atoms with van der Waals surface area (Å²) in [5, 5.41) is 8.21. The lowest BCUT2D eigenvalue weighted by atomic mass is 10.1. The van der Waals surface area contributed by atoms with Gasteiger partial charge in [0, 0.05) is 25.0 Å². The molecule has 0 spiro atoms. The maximum absolute atomic E-state index is 13.5. The Balaban J connectivity index is 1.74. The van der Waals surface area contributed by atoms with Gasteiger partial charge in [-0.15, -0.1) is 0 Å². The minimum absolute atomic E-state index is 0.451. The van der Waals surface area contributed by atoms with Crippen molar-refractivity contribution in [1.29, 1.82) is 0 Å². The topological polar surface area (TPSA) is 41.5 Å². The van der Waals surface area contributed by atoms with Crippen LogP contribution in [-0.2, 0) is 6.54 Å². The molecule has 0 fully saturated rings. The number of rotatable bonds is 5. The van der Waals surface area contributed by atoms with E-state index in [2.05, 4.69) is 19.8 Å². The number of hydrogen-bond donors (Lipinski definition) is 0. The lowest BCUT2D eigenvalue weighted by Gasteiger charge is -2.17. The predicted molar refractivity (Wildman–Crippen MR) is 81.4 cm³/mol. The molecule has 0 saturated carbocycles. The number of alkyl halides is 2. The zero-order valence-corrected chi connectivity index (χ0v) is 12.9. The van der Waals surface area contributed by atoms with Gasteiger partial charge in [0.1, 0.15) is 0 Å². The highest BCUT2D eigenvalue weighted by Crippen LogP contribution is 2.26. The summed E-state index contributed by atoms with van der Waals surface area (Å²) in [5.41, 5.74) is 1.67. The molecule has 1 aromatic heterocycles. The molecule has 3 rings (SSSR count). The molecule has 0 aliphatic carbocycles. The Labute approximate surface area is 137 Å². The van der Waals surface area contributed by atoms with Crippen molar-refractivity contribution in [3.05, 3.63) is 54.2 Å². The molecular weight excluding hydrogens is 321 g/mol. The average Bonchev–Trinajstić information content (AvgIpc) is 2.95. The minimum Gasteiger partial charge on any atom is -0.432 e. The number of halogens is 3. The fourth-order valence-electron chi connectivity index (χ4n) is 2.35. The molecule has 1 aliphatic heterocycles. The van der Waals surface area contributed by atoms with Crippen LogP contribution in [-0.4, -0.2) is 40.3 Å². The molecule has 2 aromatic rings. The molecule has 1 aromatic carbocycles. The molecule has 0 bridgehead atoms. The highest BCUT2D eigenvalue weighted by Gasteiger charge is 2.13. The molecule has 0 radical (unpaired) electrons. The quantitative estimate of drug-likeness (QED) is 0.839. The van der Waals surface area contributed by atoms with Gasteiger partial charge in [-0.2, -0.15) is 19.0 Å². The van der Waals surface area contributed by atoms with Crippen LogP contribution in [0.4, 0.5) is 13.2 Å². The number of nitrogens with zero attached hydrogens (tertiary/aromatic N) is 4. The summed E-state index contributed by atoms with van der Waals surface area (Å²) in [5.74, 6) is -1.37. The third-order valence-electron chi connectivity index (χ3n) is 3.46. The monoisotopic (exact) mass is 336 g/mol. The molecule has 24 heavy (non-hydrogen) atoms. The maximum atomic E-state index is 13.5. The molecule has 5 nitrogen and oxygen atoms in total. The molecule has 0 unspecified atom stereocenters. The van der Waals surface area contributed by atoms with Gasteiger partial charge in [-0.25, -0.2) is 4.39 Å². The average molecular weight is 336 g/mol. The van der Waals surface area contributed by atoms with E-state index in [1.54, 1.807) is 12.1 Å². The first-order valence-electron chi connectivity index (χ1n) is 7.21. The Kier molecular flexibility index (Phi) is 4.54. The van der Waals surface area contributed by atoms with E-state index in [9.17, 15) is 13.2 Å². The minimum atomic E-state index is -3.09. The zero-order valence-electron chi connectivity index (χ0n) is 12.9. The van der Waals surface area contributed by atoms with Crippen LogP contribution < -0.4 is 4.74 Å². The van der Waals surface area contributed by atoms with Crippen molar-refractivity contribution < 1.29 is 17.9 Å². The number of hydrogen-bond acceptors (Lipinski definition) is 5. The smallest absolute Gasteiger partial charge is 0.387 e. The van der Waals surface area contributed by atoms with E-state index in [1.165, 1.54) is 12.1 Å². The zero-order chi connectivity index (χ0) is 17.1. The SMILES string of the molecule is CN1C=CN(Cc2ccc(-c3ccc(F)c(OC(F)F)c3)nn2)C1. The van der Waals surface area contributed by atoms with Gasteiger partial charge in [-0.3, -0.25) is 0 Å². The summed E-state index contributed by atoms with van der Waals surface area (Å²) in [7, 11) is 1.97. The van der Waals surface area contributed by atoms with Crippen molar-refractivity contribution in [2.24, 2.45) is 0 Å². The van der Waals surface area contributed by atoms with Crippen molar-refractivity contribution in [3.63, 3.8) is 0 Å². The van der Waals surface area contributed by atoms with Crippen LogP contribution in [0.5, 0.6) is 5.75 Å². The molecule has 8 heteroatoms. The normalized spacial score (nSPS) is 13.9. The predicted octanol–water partition coefficient (Wildman–Crippen LogP) is 3.06. The van der Waals surface area contributed by atoms with Gasteiger partial charge >= 0.3 is 6.61 Å². The summed E-state index contributed by atoms with van der Waals surface area (Å²) in [6.45, 7) is -1.71. The second kappa shape index (κ2) is 6.77. The second-order valence-electron chi connectivity index (χ2n) is 5.38. The van der Waals surface area contributed by atoms with Gasteiger partial charge < -0.3 is 14.5 Å². The molecule has 0 N–H and O–H groups in total. The lowest BCUT2D eigenvalue weighted by molar-refractivity contribution is -0.0521. The fraction of sp³-hybridized carbons (Fsp3) is 0.250. The Hall–Kier alpha value is -2.77. The third-order valence-corrected chi connectivity index (χ3v) is 3.46. The first-order chi connectivity index (χ1) is 11.5. The van der Waals surface area contributed by atoms with Crippen molar-refractivity contribution >= 4 is 0 Å². The van der Waals surface area contributed by atoms with E-state index in [0.29, 0.717) is 17.8 Å². The van der Waals surface area contributed by atoms with Crippen LogP contribution >= 0.6 is 0 Å². The Morgan fingerprint density at radius 3 is 2.62 bits per heavy atom. The van der Waals surface area contributed by atoms with Crippen molar-refractivity contribution in [1.82, 2.24) is 20.0 Å². The van der Waals surface area contributed by atoms with Gasteiger partial charge in [0.15, 0.2) is 11.6 Å². The first-order valence-corrected chi connectivity index (χ1v) is 7.21. The summed E-state index contributed by atoms with van der Waals surface area (Å²) < 4.78 is 42.2.